The van der Waals surface area contributed by atoms with Crippen LogP contribution in [0.25, 0.3) is 0 Å². The van der Waals surface area contributed by atoms with Crippen LogP contribution in [0, 0.1) is 0 Å². The molecule has 1 N–H and O–H groups in total. The summed E-state index contributed by atoms with van der Waals surface area (Å²) in [6.07, 6.45) is -11.7. The van der Waals surface area contributed by atoms with Crippen molar-refractivity contribution in [3.63, 3.8) is 0 Å². The highest BCUT2D eigenvalue weighted by Crippen LogP contribution is 2.38. The summed E-state index contributed by atoms with van der Waals surface area (Å²) in [5, 5.41) is 10.6. The predicted molar refractivity (Wildman–Crippen MR) is 50.3 cm³/mol. The number of halogens is 6. The average molecular weight is 279 g/mol. The van der Waals surface area contributed by atoms with Gasteiger partial charge in [0.1, 0.15) is 11.2 Å². The summed E-state index contributed by atoms with van der Waals surface area (Å²) in [5.74, 6) is -1.17. The third kappa shape index (κ3) is 5.78. The lowest BCUT2D eigenvalue weighted by Crippen LogP contribution is -2.29. The van der Waals surface area contributed by atoms with Crippen LogP contribution in [0.3, 0.4) is 0 Å². The van der Waals surface area contributed by atoms with Gasteiger partial charge in [-0.25, -0.2) is 0 Å². The third-order valence-electron chi connectivity index (χ3n) is 1.39. The van der Waals surface area contributed by atoms with Crippen LogP contribution in [-0.2, 0) is 4.74 Å². The molecule has 9 heteroatoms. The molecule has 0 saturated carbocycles. The molecule has 0 aliphatic rings. The Morgan fingerprint density at radius 2 is 1.39 bits per heavy atom. The number of rotatable bonds is 1. The van der Waals surface area contributed by atoms with Gasteiger partial charge in [0.25, 0.3) is 5.90 Å². The molecule has 0 rings (SSSR count). The fourth-order valence-corrected chi connectivity index (χ4v) is 0.840. The van der Waals surface area contributed by atoms with Crippen molar-refractivity contribution in [2.24, 2.45) is 5.16 Å². The maximum atomic E-state index is 12.2. The smallest absolute Gasteiger partial charge is 0.421 e. The average Bonchev–Trinajstić information content (AvgIpc) is 2.05. The Labute approximate surface area is 98.7 Å². The number of oxime groups is 1. The van der Waals surface area contributed by atoms with Gasteiger partial charge in [0.05, 0.1) is 0 Å². The standard InChI is InChI=1S/C9H11F6NO2/c1-7(2,3)18-6(16-17)4-5(8(10,11)12)9(13,14)15/h4,17H,1-3H3/b16-6-. The molecule has 0 unspecified atom stereocenters. The van der Waals surface area contributed by atoms with Crippen molar-refractivity contribution < 1.29 is 36.3 Å². The molecule has 0 aromatic rings. The minimum Gasteiger partial charge on any atom is -0.470 e. The number of hydrogen-bond donors (Lipinski definition) is 1. The summed E-state index contributed by atoms with van der Waals surface area (Å²) < 4.78 is 77.6. The van der Waals surface area contributed by atoms with E-state index in [1.165, 1.54) is 20.8 Å². The number of alkyl halides is 6. The molecule has 0 aromatic carbocycles. The lowest BCUT2D eigenvalue weighted by molar-refractivity contribution is -0.171. The minimum atomic E-state index is -5.63. The summed E-state index contributed by atoms with van der Waals surface area (Å²) in [6.45, 7) is 4.10. The number of ether oxygens (including phenoxy) is 1. The molecule has 0 radical (unpaired) electrons. The van der Waals surface area contributed by atoms with E-state index in [1.807, 2.05) is 0 Å². The van der Waals surface area contributed by atoms with Gasteiger partial charge in [-0.15, -0.1) is 0 Å². The first-order valence-electron chi connectivity index (χ1n) is 4.54. The van der Waals surface area contributed by atoms with Gasteiger partial charge in [0.15, 0.2) is 0 Å². The summed E-state index contributed by atoms with van der Waals surface area (Å²) in [6, 6.07) is 0. The Balaban J connectivity index is 5.43. The zero-order valence-corrected chi connectivity index (χ0v) is 9.65. The second-order valence-electron chi connectivity index (χ2n) is 4.21. The zero-order chi connectivity index (χ0) is 14.8. The van der Waals surface area contributed by atoms with Crippen LogP contribution < -0.4 is 0 Å². The van der Waals surface area contributed by atoms with Crippen molar-refractivity contribution >= 4 is 5.90 Å². The lowest BCUT2D eigenvalue weighted by atomic mass is 10.2. The van der Waals surface area contributed by atoms with E-state index in [2.05, 4.69) is 9.89 Å². The number of hydrogen-bond acceptors (Lipinski definition) is 3. The molecular weight excluding hydrogens is 268 g/mol. The van der Waals surface area contributed by atoms with Crippen molar-refractivity contribution in [2.75, 3.05) is 0 Å². The van der Waals surface area contributed by atoms with Crippen LogP contribution >= 0.6 is 0 Å². The lowest BCUT2D eigenvalue weighted by Gasteiger charge is -2.21. The van der Waals surface area contributed by atoms with Crippen LogP contribution in [0.5, 0.6) is 0 Å². The SMILES string of the molecule is CC(C)(C)O/C(C=C(C(F)(F)F)C(F)(F)F)=N\O. The second kappa shape index (κ2) is 5.07. The van der Waals surface area contributed by atoms with Gasteiger partial charge in [-0.1, -0.05) is 0 Å². The highest BCUT2D eigenvalue weighted by Gasteiger charge is 2.51. The maximum Gasteiger partial charge on any atom is 0.421 e. The van der Waals surface area contributed by atoms with E-state index in [9.17, 15) is 26.3 Å². The van der Waals surface area contributed by atoms with Crippen molar-refractivity contribution in [3.05, 3.63) is 11.6 Å². The topological polar surface area (TPSA) is 41.8 Å². The molecule has 0 bridgehead atoms. The van der Waals surface area contributed by atoms with Crippen LogP contribution in [0.2, 0.25) is 0 Å². The molecule has 0 amide bonds. The monoisotopic (exact) mass is 279 g/mol. The highest BCUT2D eigenvalue weighted by atomic mass is 19.4. The van der Waals surface area contributed by atoms with Crippen molar-refractivity contribution in [1.29, 1.82) is 0 Å². The van der Waals surface area contributed by atoms with Gasteiger partial charge >= 0.3 is 12.4 Å². The third-order valence-corrected chi connectivity index (χ3v) is 1.39. The summed E-state index contributed by atoms with van der Waals surface area (Å²) in [7, 11) is 0. The van der Waals surface area contributed by atoms with E-state index < -0.39 is 35.5 Å². The second-order valence-corrected chi connectivity index (χ2v) is 4.21. The molecule has 18 heavy (non-hydrogen) atoms. The Hall–Kier alpha value is -1.41. The van der Waals surface area contributed by atoms with Gasteiger partial charge < -0.3 is 9.94 Å². The Kier molecular flexibility index (Phi) is 4.67. The fraction of sp³-hybridized carbons (Fsp3) is 0.667. The number of nitrogens with zero attached hydrogens (tertiary/aromatic N) is 1. The zero-order valence-electron chi connectivity index (χ0n) is 9.65. The van der Waals surface area contributed by atoms with E-state index in [4.69, 9.17) is 5.21 Å². The summed E-state index contributed by atoms with van der Waals surface area (Å²) >= 11 is 0. The molecule has 0 aliphatic carbocycles. The van der Waals surface area contributed by atoms with Gasteiger partial charge in [0.2, 0.25) is 0 Å². The predicted octanol–water partition coefficient (Wildman–Crippen LogP) is 3.64. The Morgan fingerprint density at radius 1 is 1.00 bits per heavy atom. The van der Waals surface area contributed by atoms with Crippen LogP contribution in [0.1, 0.15) is 20.8 Å². The van der Waals surface area contributed by atoms with E-state index in [0.29, 0.717) is 0 Å². The normalized spacial score (nSPS) is 14.4. The molecule has 0 heterocycles. The van der Waals surface area contributed by atoms with Crippen LogP contribution in [0.4, 0.5) is 26.3 Å². The Bertz CT molecular complexity index is 332. The molecule has 106 valence electrons. The maximum absolute atomic E-state index is 12.2. The van der Waals surface area contributed by atoms with Gasteiger partial charge in [-0.2, -0.15) is 26.3 Å². The molecule has 0 fully saturated rings. The van der Waals surface area contributed by atoms with Gasteiger partial charge in [-0.3, -0.25) is 0 Å². The van der Waals surface area contributed by atoms with E-state index in [0.717, 1.165) is 0 Å². The van der Waals surface area contributed by atoms with Crippen LogP contribution in [-0.4, -0.2) is 29.1 Å². The molecule has 0 saturated heterocycles. The number of allylic oxidation sites excluding steroid dienone is 1. The van der Waals surface area contributed by atoms with E-state index >= 15 is 0 Å². The van der Waals surface area contributed by atoms with E-state index in [-0.39, 0.29) is 0 Å². The summed E-state index contributed by atoms with van der Waals surface area (Å²) in [5.41, 5.74) is -3.92. The first-order chi connectivity index (χ1) is 7.77. The molecule has 3 nitrogen and oxygen atoms in total. The van der Waals surface area contributed by atoms with Crippen LogP contribution in [0.15, 0.2) is 16.8 Å². The molecule has 0 aliphatic heterocycles. The fourth-order valence-electron chi connectivity index (χ4n) is 0.840. The van der Waals surface area contributed by atoms with Crippen molar-refractivity contribution in [1.82, 2.24) is 0 Å². The largest absolute Gasteiger partial charge is 0.470 e. The minimum absolute atomic E-state index is 0.398. The molecule has 0 aromatic heterocycles. The molecule has 0 atom stereocenters. The Morgan fingerprint density at radius 3 is 1.61 bits per heavy atom. The summed E-state index contributed by atoms with van der Waals surface area (Å²) in [4.78, 5) is 0. The van der Waals surface area contributed by atoms with Crippen molar-refractivity contribution in [2.45, 2.75) is 38.7 Å². The van der Waals surface area contributed by atoms with Gasteiger partial charge in [-0.05, 0) is 25.9 Å². The first kappa shape index (κ1) is 16.6. The van der Waals surface area contributed by atoms with Gasteiger partial charge in [0, 0.05) is 6.08 Å². The molecule has 0 spiro atoms. The molecular formula is C9H11F6NO2. The van der Waals surface area contributed by atoms with E-state index in [1.54, 1.807) is 0 Å². The van der Waals surface area contributed by atoms with Crippen molar-refractivity contribution in [3.8, 4) is 0 Å². The first-order valence-corrected chi connectivity index (χ1v) is 4.54. The quantitative estimate of drug-likeness (QED) is 0.262. The highest BCUT2D eigenvalue weighted by molar-refractivity contribution is 5.88.